The van der Waals surface area contributed by atoms with Gasteiger partial charge in [0.15, 0.2) is 0 Å². The first kappa shape index (κ1) is 32.3. The molecule has 0 aliphatic heterocycles. The Morgan fingerprint density at radius 1 is 0.727 bits per heavy atom. The molecule has 0 fully saturated rings. The average molecular weight is 644 g/mol. The normalized spacial score (nSPS) is 13.4. The van der Waals surface area contributed by atoms with Crippen molar-refractivity contribution in [3.05, 3.63) is 77.9 Å². The van der Waals surface area contributed by atoms with Crippen molar-refractivity contribution in [3.63, 3.8) is 0 Å². The molecule has 0 spiro atoms. The highest BCUT2D eigenvalue weighted by atomic mass is 32.2. The minimum Gasteiger partial charge on any atom is -0.399 e. The largest absolute Gasteiger partial charge is 0.399 e. The molecule has 0 aliphatic rings. The summed E-state index contributed by atoms with van der Waals surface area (Å²) in [6.45, 7) is 2.81. The number of hydrogen-bond donors (Lipinski definition) is 7. The van der Waals surface area contributed by atoms with Gasteiger partial charge in [0.2, 0.25) is 17.8 Å². The lowest BCUT2D eigenvalue weighted by Gasteiger charge is -2.28. The molecule has 0 saturated heterocycles. The molecule has 0 bridgehead atoms. The lowest BCUT2D eigenvalue weighted by Crippen LogP contribution is -2.41. The first-order valence-electron chi connectivity index (χ1n) is 12.8. The fraction of sp³-hybridized carbons (Fsp3) is 0.148. The predicted octanol–water partition coefficient (Wildman–Crippen LogP) is 3.09. The Kier molecular flexibility index (Phi) is 9.47. The smallest absolute Gasteiger partial charge is 0.295 e. The molecule has 0 aliphatic carbocycles. The Labute approximate surface area is 253 Å². The molecule has 17 heteroatoms. The monoisotopic (exact) mass is 643 g/mol. The van der Waals surface area contributed by atoms with E-state index in [9.17, 15) is 36.2 Å². The van der Waals surface area contributed by atoms with Crippen LogP contribution in [-0.2, 0) is 20.2 Å². The fourth-order valence-corrected chi connectivity index (χ4v) is 5.51. The molecule has 1 heterocycles. The van der Waals surface area contributed by atoms with Gasteiger partial charge in [0.25, 0.3) is 20.2 Å². The summed E-state index contributed by atoms with van der Waals surface area (Å²) in [7, 11) is -9.46. The van der Waals surface area contributed by atoms with E-state index in [0.29, 0.717) is 5.69 Å². The molecule has 1 aromatic heterocycles. The third-order valence-corrected chi connectivity index (χ3v) is 7.81. The third-order valence-electron chi connectivity index (χ3n) is 6.00. The van der Waals surface area contributed by atoms with Crippen molar-refractivity contribution in [1.82, 2.24) is 15.0 Å². The van der Waals surface area contributed by atoms with Crippen LogP contribution in [0.2, 0.25) is 0 Å². The third kappa shape index (κ3) is 8.04. The lowest BCUT2D eigenvalue weighted by atomic mass is 10.1. The molecule has 232 valence electrons. The molecule has 0 radical (unpaired) electrons. The van der Waals surface area contributed by atoms with Crippen molar-refractivity contribution in [3.8, 4) is 0 Å². The van der Waals surface area contributed by atoms with Gasteiger partial charge >= 0.3 is 0 Å². The Morgan fingerprint density at radius 3 is 1.75 bits per heavy atom. The number of nitrogens with one attached hydrogen (secondary N) is 2. The van der Waals surface area contributed by atoms with Crippen LogP contribution in [0.15, 0.2) is 76.5 Å². The SMILES string of the molecule is CC(O)N(c1nc(Nc2ccccc2)nc(Nc2ccc(C=Cc3ccc(N)cc3S(=O)(=O)O)c(S(=O)(=O)O)c2)n1)C(C)O. The Bertz CT molecular complexity index is 1900. The van der Waals surface area contributed by atoms with E-state index < -0.39 is 42.5 Å². The van der Waals surface area contributed by atoms with Gasteiger partial charge in [0.1, 0.15) is 22.2 Å². The van der Waals surface area contributed by atoms with Crippen molar-refractivity contribution in [1.29, 1.82) is 0 Å². The molecule has 0 amide bonds. The van der Waals surface area contributed by atoms with Gasteiger partial charge < -0.3 is 26.6 Å². The van der Waals surface area contributed by atoms with E-state index >= 15 is 0 Å². The summed E-state index contributed by atoms with van der Waals surface area (Å²) in [6.07, 6.45) is 0.0723. The maximum atomic E-state index is 12.3. The van der Waals surface area contributed by atoms with E-state index in [-0.39, 0.29) is 40.3 Å². The number of hydrogen-bond acceptors (Lipinski definition) is 13. The quantitative estimate of drug-likeness (QED) is 0.0537. The number of rotatable bonds is 11. The van der Waals surface area contributed by atoms with Gasteiger partial charge in [0, 0.05) is 17.1 Å². The summed E-state index contributed by atoms with van der Waals surface area (Å²) in [5.41, 5.74) is 6.45. The summed E-state index contributed by atoms with van der Waals surface area (Å²) in [5.74, 6) is -0.190. The van der Waals surface area contributed by atoms with Gasteiger partial charge in [-0.3, -0.25) is 14.0 Å². The van der Waals surface area contributed by atoms with Gasteiger partial charge in [-0.05, 0) is 61.4 Å². The van der Waals surface area contributed by atoms with E-state index in [1.165, 1.54) is 50.3 Å². The van der Waals surface area contributed by atoms with Crippen molar-refractivity contribution < 1.29 is 36.2 Å². The van der Waals surface area contributed by atoms with Crippen molar-refractivity contribution in [2.75, 3.05) is 21.3 Å². The Morgan fingerprint density at radius 2 is 1.23 bits per heavy atom. The zero-order valence-electron chi connectivity index (χ0n) is 23.3. The van der Waals surface area contributed by atoms with Gasteiger partial charge in [-0.2, -0.15) is 31.8 Å². The van der Waals surface area contributed by atoms with Crippen LogP contribution < -0.4 is 21.3 Å². The summed E-state index contributed by atoms with van der Waals surface area (Å²) < 4.78 is 67.8. The molecule has 2 atom stereocenters. The Balaban J connectivity index is 1.74. The molecule has 0 saturated carbocycles. The molecular weight excluding hydrogens is 614 g/mol. The number of nitrogen functional groups attached to an aromatic ring is 1. The summed E-state index contributed by atoms with van der Waals surface area (Å²) in [4.78, 5) is 12.9. The van der Waals surface area contributed by atoms with Crippen LogP contribution in [0.1, 0.15) is 25.0 Å². The maximum absolute atomic E-state index is 12.3. The highest BCUT2D eigenvalue weighted by molar-refractivity contribution is 7.86. The number of nitrogens with two attached hydrogens (primary N) is 1. The number of aliphatic hydroxyl groups is 2. The maximum Gasteiger partial charge on any atom is 0.295 e. The molecule has 4 rings (SSSR count). The van der Waals surface area contributed by atoms with Crippen LogP contribution in [0, 0.1) is 0 Å². The second-order valence-electron chi connectivity index (χ2n) is 9.40. The minimum atomic E-state index is -4.81. The van der Waals surface area contributed by atoms with Crippen LogP contribution >= 0.6 is 0 Å². The highest BCUT2D eigenvalue weighted by Gasteiger charge is 2.23. The van der Waals surface area contributed by atoms with Crippen molar-refractivity contribution in [2.24, 2.45) is 0 Å². The second-order valence-corrected chi connectivity index (χ2v) is 12.2. The van der Waals surface area contributed by atoms with E-state index in [1.807, 2.05) is 6.07 Å². The first-order valence-corrected chi connectivity index (χ1v) is 15.7. The summed E-state index contributed by atoms with van der Waals surface area (Å²) in [6, 6.07) is 16.5. The topological polar surface area (TPSA) is 241 Å². The van der Waals surface area contributed by atoms with E-state index in [1.54, 1.807) is 24.3 Å². The number of aromatic nitrogens is 3. The zero-order valence-corrected chi connectivity index (χ0v) is 24.9. The van der Waals surface area contributed by atoms with Crippen LogP contribution in [0.4, 0.5) is 34.9 Å². The molecule has 3 aromatic carbocycles. The summed E-state index contributed by atoms with van der Waals surface area (Å²) in [5, 5.41) is 26.3. The predicted molar refractivity (Wildman–Crippen MR) is 165 cm³/mol. The van der Waals surface area contributed by atoms with E-state index in [4.69, 9.17) is 5.73 Å². The van der Waals surface area contributed by atoms with Gasteiger partial charge in [-0.25, -0.2) is 0 Å². The van der Waals surface area contributed by atoms with Crippen LogP contribution in [0.25, 0.3) is 12.2 Å². The first-order chi connectivity index (χ1) is 20.6. The number of nitrogens with zero attached hydrogens (tertiary/aromatic N) is 4. The minimum absolute atomic E-state index is 0.0159. The zero-order chi connectivity index (χ0) is 32.2. The summed E-state index contributed by atoms with van der Waals surface area (Å²) >= 11 is 0. The van der Waals surface area contributed by atoms with Gasteiger partial charge in [-0.1, -0.05) is 42.5 Å². The van der Waals surface area contributed by atoms with Crippen LogP contribution in [0.5, 0.6) is 0 Å². The fourth-order valence-electron chi connectivity index (χ4n) is 4.08. The number of aliphatic hydroxyl groups excluding tert-OH is 2. The van der Waals surface area contributed by atoms with Gasteiger partial charge in [-0.15, -0.1) is 0 Å². The molecule has 4 aromatic rings. The number of para-hydroxylation sites is 1. The van der Waals surface area contributed by atoms with Crippen molar-refractivity contribution >= 4 is 67.3 Å². The lowest BCUT2D eigenvalue weighted by molar-refractivity contribution is 0.103. The van der Waals surface area contributed by atoms with Crippen LogP contribution in [-0.4, -0.2) is 63.6 Å². The van der Waals surface area contributed by atoms with Crippen molar-refractivity contribution in [2.45, 2.75) is 36.1 Å². The standard InChI is InChI=1S/C27H29N7O8S2/c1-16(35)34(17(2)36)27-32-25(29-21-6-4-3-5-7-21)31-26(33-27)30-22-13-11-19(24(15-22)44(40,41)42)9-8-18-10-12-20(28)14-23(18)43(37,38)39/h3-17,35-36H,28H2,1-2H3,(H,37,38,39)(H,40,41,42)(H2,29,30,31,32,33). The molecule has 2 unspecified atom stereocenters. The molecule has 8 N–H and O–H groups in total. The highest BCUT2D eigenvalue weighted by Crippen LogP contribution is 2.28. The van der Waals surface area contributed by atoms with Gasteiger partial charge in [0.05, 0.1) is 0 Å². The number of benzene rings is 3. The Hall–Kier alpha value is -4.65. The number of anilines is 6. The average Bonchev–Trinajstić information content (AvgIpc) is 2.92. The molecule has 44 heavy (non-hydrogen) atoms. The molecule has 15 nitrogen and oxygen atoms in total. The van der Waals surface area contributed by atoms with E-state index in [2.05, 4.69) is 25.6 Å². The van der Waals surface area contributed by atoms with E-state index in [0.717, 1.165) is 17.0 Å². The van der Waals surface area contributed by atoms with Crippen LogP contribution in [0.3, 0.4) is 0 Å². The molecular formula is C27H29N7O8S2. The second kappa shape index (κ2) is 12.9.